The highest BCUT2D eigenvalue weighted by molar-refractivity contribution is 5.92. The summed E-state index contributed by atoms with van der Waals surface area (Å²) in [6, 6.07) is 0. The van der Waals surface area contributed by atoms with E-state index >= 15 is 0 Å². The van der Waals surface area contributed by atoms with Crippen LogP contribution in [0.25, 0.3) is 0 Å². The molecule has 0 aromatic heterocycles. The topological polar surface area (TPSA) is 49.7 Å². The van der Waals surface area contributed by atoms with Crippen LogP contribution in [0.4, 0.5) is 0 Å². The standard InChI is InChI=1S/C9H15NO2/c1-3-7-5-6-9(4-2,10-7)8(11)12/h3-6H2,1-2H3,(H,11,12)/t9-/m0/s1. The normalized spacial score (nSPS) is 28.7. The van der Waals surface area contributed by atoms with Gasteiger partial charge in [-0.05, 0) is 25.7 Å². The molecule has 0 aromatic rings. The predicted octanol–water partition coefficient (Wildman–Crippen LogP) is 1.86. The van der Waals surface area contributed by atoms with E-state index in [0.29, 0.717) is 12.8 Å². The highest BCUT2D eigenvalue weighted by Gasteiger charge is 2.39. The molecule has 1 aliphatic heterocycles. The van der Waals surface area contributed by atoms with Gasteiger partial charge in [0.05, 0.1) is 0 Å². The van der Waals surface area contributed by atoms with Gasteiger partial charge in [0.2, 0.25) is 0 Å². The Morgan fingerprint density at radius 1 is 1.67 bits per heavy atom. The molecule has 1 aliphatic rings. The van der Waals surface area contributed by atoms with E-state index < -0.39 is 11.5 Å². The molecule has 0 fully saturated rings. The maximum absolute atomic E-state index is 10.9. The van der Waals surface area contributed by atoms with E-state index in [4.69, 9.17) is 5.11 Å². The van der Waals surface area contributed by atoms with Gasteiger partial charge in [-0.2, -0.15) is 0 Å². The minimum atomic E-state index is -0.786. The smallest absolute Gasteiger partial charge is 0.331 e. The fraction of sp³-hybridized carbons (Fsp3) is 0.778. The molecule has 0 spiro atoms. The van der Waals surface area contributed by atoms with Gasteiger partial charge in [0, 0.05) is 5.71 Å². The summed E-state index contributed by atoms with van der Waals surface area (Å²) < 4.78 is 0. The lowest BCUT2D eigenvalue weighted by Gasteiger charge is -2.17. The lowest BCUT2D eigenvalue weighted by atomic mass is 9.94. The molecule has 3 heteroatoms. The average molecular weight is 169 g/mol. The summed E-state index contributed by atoms with van der Waals surface area (Å²) in [5.74, 6) is -0.770. The number of carbonyl (C=O) groups is 1. The summed E-state index contributed by atoms with van der Waals surface area (Å²) in [6.07, 6.45) is 3.03. The predicted molar refractivity (Wildman–Crippen MR) is 47.6 cm³/mol. The number of aliphatic imine (C=N–C) groups is 1. The highest BCUT2D eigenvalue weighted by Crippen LogP contribution is 2.30. The summed E-state index contributed by atoms with van der Waals surface area (Å²) in [4.78, 5) is 15.2. The molecular formula is C9H15NO2. The van der Waals surface area contributed by atoms with E-state index in [0.717, 1.165) is 18.6 Å². The van der Waals surface area contributed by atoms with Crippen LogP contribution in [0.1, 0.15) is 39.5 Å². The van der Waals surface area contributed by atoms with Gasteiger partial charge in [-0.3, -0.25) is 4.99 Å². The van der Waals surface area contributed by atoms with Crippen molar-refractivity contribution >= 4 is 11.7 Å². The molecule has 1 atom stereocenters. The quantitative estimate of drug-likeness (QED) is 0.701. The van der Waals surface area contributed by atoms with Crippen molar-refractivity contribution < 1.29 is 9.90 Å². The van der Waals surface area contributed by atoms with E-state index in [2.05, 4.69) is 4.99 Å². The molecule has 3 nitrogen and oxygen atoms in total. The Balaban J connectivity index is 2.85. The van der Waals surface area contributed by atoms with Crippen LogP contribution in [0.5, 0.6) is 0 Å². The highest BCUT2D eigenvalue weighted by atomic mass is 16.4. The molecule has 1 N–H and O–H groups in total. The van der Waals surface area contributed by atoms with Crippen molar-refractivity contribution in [2.45, 2.75) is 45.1 Å². The molecule has 68 valence electrons. The van der Waals surface area contributed by atoms with Gasteiger partial charge in [0.1, 0.15) is 0 Å². The first-order valence-corrected chi connectivity index (χ1v) is 4.45. The first-order chi connectivity index (χ1) is 5.64. The monoisotopic (exact) mass is 169 g/mol. The number of hydrogen-bond donors (Lipinski definition) is 1. The number of aliphatic carboxylic acids is 1. The van der Waals surface area contributed by atoms with Crippen LogP contribution >= 0.6 is 0 Å². The van der Waals surface area contributed by atoms with E-state index in [1.165, 1.54) is 0 Å². The Morgan fingerprint density at radius 2 is 2.33 bits per heavy atom. The molecule has 0 bridgehead atoms. The molecule has 0 unspecified atom stereocenters. The first-order valence-electron chi connectivity index (χ1n) is 4.45. The van der Waals surface area contributed by atoms with Crippen LogP contribution in [0.3, 0.4) is 0 Å². The van der Waals surface area contributed by atoms with Crippen LogP contribution in [0.15, 0.2) is 4.99 Å². The maximum Gasteiger partial charge on any atom is 0.331 e. The van der Waals surface area contributed by atoms with E-state index in [1.807, 2.05) is 13.8 Å². The Hall–Kier alpha value is -0.860. The minimum Gasteiger partial charge on any atom is -0.479 e. The number of nitrogens with zero attached hydrogens (tertiary/aromatic N) is 1. The van der Waals surface area contributed by atoms with Crippen LogP contribution in [0.2, 0.25) is 0 Å². The lowest BCUT2D eigenvalue weighted by molar-refractivity contribution is -0.143. The van der Waals surface area contributed by atoms with E-state index in [1.54, 1.807) is 0 Å². The summed E-state index contributed by atoms with van der Waals surface area (Å²) in [7, 11) is 0. The number of rotatable bonds is 3. The number of hydrogen-bond acceptors (Lipinski definition) is 2. The third-order valence-corrected chi connectivity index (χ3v) is 2.59. The lowest BCUT2D eigenvalue weighted by Crippen LogP contribution is -2.33. The molecule has 1 rings (SSSR count). The third kappa shape index (κ3) is 1.36. The Morgan fingerprint density at radius 3 is 2.58 bits per heavy atom. The van der Waals surface area contributed by atoms with Crippen molar-refractivity contribution in [3.63, 3.8) is 0 Å². The zero-order valence-electron chi connectivity index (χ0n) is 7.63. The maximum atomic E-state index is 10.9. The molecule has 0 saturated carbocycles. The van der Waals surface area contributed by atoms with Crippen molar-refractivity contribution in [3.8, 4) is 0 Å². The second kappa shape index (κ2) is 3.25. The molecule has 12 heavy (non-hydrogen) atoms. The molecule has 0 saturated heterocycles. The first kappa shape index (κ1) is 9.23. The zero-order chi connectivity index (χ0) is 9.19. The summed E-state index contributed by atoms with van der Waals surface area (Å²) >= 11 is 0. The van der Waals surface area contributed by atoms with Crippen LogP contribution in [-0.2, 0) is 4.79 Å². The summed E-state index contributed by atoms with van der Waals surface area (Å²) in [6.45, 7) is 3.91. The van der Waals surface area contributed by atoms with Gasteiger partial charge in [0.25, 0.3) is 0 Å². The van der Waals surface area contributed by atoms with Crippen LogP contribution < -0.4 is 0 Å². The fourth-order valence-electron chi connectivity index (χ4n) is 1.58. The van der Waals surface area contributed by atoms with Gasteiger partial charge >= 0.3 is 5.97 Å². The molecular weight excluding hydrogens is 154 g/mol. The van der Waals surface area contributed by atoms with Crippen molar-refractivity contribution in [2.75, 3.05) is 0 Å². The third-order valence-electron chi connectivity index (χ3n) is 2.59. The minimum absolute atomic E-state index is 0.603. The Bertz CT molecular complexity index is 223. The van der Waals surface area contributed by atoms with Gasteiger partial charge in [0.15, 0.2) is 5.54 Å². The number of carboxylic acids is 1. The van der Waals surface area contributed by atoms with Crippen LogP contribution in [-0.4, -0.2) is 22.3 Å². The average Bonchev–Trinajstić information content (AvgIpc) is 2.48. The van der Waals surface area contributed by atoms with Crippen LogP contribution in [0, 0.1) is 0 Å². The number of carboxylic acid groups (broad SMARTS) is 1. The van der Waals surface area contributed by atoms with Gasteiger partial charge in [-0.25, -0.2) is 4.79 Å². The van der Waals surface area contributed by atoms with Crippen molar-refractivity contribution in [2.24, 2.45) is 4.99 Å². The molecule has 0 amide bonds. The molecule has 0 radical (unpaired) electrons. The second-order valence-corrected chi connectivity index (χ2v) is 3.22. The van der Waals surface area contributed by atoms with E-state index in [9.17, 15) is 4.79 Å². The zero-order valence-corrected chi connectivity index (χ0v) is 7.63. The SMILES string of the molecule is CCC1=N[C@](CC)(C(=O)O)CC1. The molecule has 1 heterocycles. The second-order valence-electron chi connectivity index (χ2n) is 3.22. The van der Waals surface area contributed by atoms with Crippen molar-refractivity contribution in [3.05, 3.63) is 0 Å². The molecule has 0 aliphatic carbocycles. The van der Waals surface area contributed by atoms with Crippen molar-refractivity contribution in [1.82, 2.24) is 0 Å². The van der Waals surface area contributed by atoms with Gasteiger partial charge in [-0.1, -0.05) is 13.8 Å². The van der Waals surface area contributed by atoms with Gasteiger partial charge < -0.3 is 5.11 Å². The molecule has 0 aromatic carbocycles. The Kier molecular flexibility index (Phi) is 2.50. The fourth-order valence-corrected chi connectivity index (χ4v) is 1.58. The van der Waals surface area contributed by atoms with E-state index in [-0.39, 0.29) is 0 Å². The Labute approximate surface area is 72.5 Å². The summed E-state index contributed by atoms with van der Waals surface area (Å²) in [5, 5.41) is 8.97. The largest absolute Gasteiger partial charge is 0.479 e. The van der Waals surface area contributed by atoms with Gasteiger partial charge in [-0.15, -0.1) is 0 Å². The van der Waals surface area contributed by atoms with Crippen molar-refractivity contribution in [1.29, 1.82) is 0 Å². The summed E-state index contributed by atoms with van der Waals surface area (Å²) in [5.41, 5.74) is 0.268.